The van der Waals surface area contributed by atoms with Crippen LogP contribution in [0.25, 0.3) is 0 Å². The summed E-state index contributed by atoms with van der Waals surface area (Å²) in [7, 11) is 0. The maximum atomic E-state index is 13.9. The van der Waals surface area contributed by atoms with Crippen molar-refractivity contribution >= 4 is 29.5 Å². The van der Waals surface area contributed by atoms with Crippen molar-refractivity contribution < 1.29 is 24.2 Å². The molecule has 31 heavy (non-hydrogen) atoms. The molecule has 3 heterocycles. The van der Waals surface area contributed by atoms with E-state index in [-0.39, 0.29) is 42.8 Å². The Morgan fingerprint density at radius 2 is 2.06 bits per heavy atom. The molecule has 3 saturated heterocycles. The van der Waals surface area contributed by atoms with Crippen LogP contribution in [0.3, 0.4) is 0 Å². The molecule has 0 radical (unpaired) electrons. The predicted molar refractivity (Wildman–Crippen MR) is 120 cm³/mol. The summed E-state index contributed by atoms with van der Waals surface area (Å²) in [5.41, 5.74) is -0.460. The largest absolute Gasteiger partial charge is 0.465 e. The smallest absolute Gasteiger partial charge is 0.310 e. The van der Waals surface area contributed by atoms with Crippen molar-refractivity contribution in [3.63, 3.8) is 0 Å². The zero-order valence-corrected chi connectivity index (χ0v) is 19.5. The van der Waals surface area contributed by atoms with Gasteiger partial charge in [-0.2, -0.15) is 0 Å². The van der Waals surface area contributed by atoms with Crippen LogP contribution in [-0.4, -0.2) is 80.6 Å². The highest BCUT2D eigenvalue weighted by molar-refractivity contribution is 8.02. The van der Waals surface area contributed by atoms with Crippen LogP contribution in [0.4, 0.5) is 0 Å². The predicted octanol–water partition coefficient (Wildman–Crippen LogP) is 2.00. The Morgan fingerprint density at radius 3 is 2.65 bits per heavy atom. The van der Waals surface area contributed by atoms with Crippen LogP contribution in [0.15, 0.2) is 25.3 Å². The first-order valence-corrected chi connectivity index (χ1v) is 11.8. The van der Waals surface area contributed by atoms with Crippen molar-refractivity contribution in [2.75, 3.05) is 26.3 Å². The van der Waals surface area contributed by atoms with Crippen LogP contribution in [0.2, 0.25) is 0 Å². The Kier molecular flexibility index (Phi) is 6.91. The van der Waals surface area contributed by atoms with E-state index in [9.17, 15) is 19.5 Å². The number of aliphatic hydroxyl groups is 1. The second kappa shape index (κ2) is 8.98. The highest BCUT2D eigenvalue weighted by Gasteiger charge is 2.74. The van der Waals surface area contributed by atoms with E-state index in [0.29, 0.717) is 19.4 Å². The van der Waals surface area contributed by atoms with Gasteiger partial charge in [0.1, 0.15) is 6.04 Å². The zero-order chi connectivity index (χ0) is 23.0. The van der Waals surface area contributed by atoms with Gasteiger partial charge in [-0.05, 0) is 40.0 Å². The number of esters is 1. The number of hydrogen-bond donors (Lipinski definition) is 1. The Morgan fingerprint density at radius 1 is 1.35 bits per heavy atom. The molecule has 7 nitrogen and oxygen atoms in total. The van der Waals surface area contributed by atoms with Gasteiger partial charge in [0.15, 0.2) is 0 Å². The molecule has 8 heteroatoms. The van der Waals surface area contributed by atoms with Crippen molar-refractivity contribution in [2.45, 2.75) is 61.6 Å². The third-order valence-electron chi connectivity index (χ3n) is 6.60. The molecule has 172 valence electrons. The van der Waals surface area contributed by atoms with Crippen molar-refractivity contribution in [1.29, 1.82) is 0 Å². The molecule has 3 aliphatic heterocycles. The molecule has 5 atom stereocenters. The van der Waals surface area contributed by atoms with Crippen LogP contribution in [0.1, 0.15) is 40.0 Å². The lowest BCUT2D eigenvalue weighted by atomic mass is 9.71. The van der Waals surface area contributed by atoms with Gasteiger partial charge in [0.25, 0.3) is 0 Å². The number of rotatable bonds is 9. The molecule has 0 aliphatic carbocycles. The van der Waals surface area contributed by atoms with E-state index in [2.05, 4.69) is 13.2 Å². The third-order valence-corrected chi connectivity index (χ3v) is 8.55. The molecular formula is C23H34N2O5S. The van der Waals surface area contributed by atoms with E-state index in [0.717, 1.165) is 6.42 Å². The molecule has 2 amide bonds. The molecule has 1 N–H and O–H groups in total. The quantitative estimate of drug-likeness (QED) is 0.328. The molecule has 0 aromatic rings. The van der Waals surface area contributed by atoms with E-state index in [1.807, 2.05) is 20.8 Å². The maximum absolute atomic E-state index is 13.9. The van der Waals surface area contributed by atoms with Gasteiger partial charge in [-0.3, -0.25) is 14.4 Å². The lowest BCUT2D eigenvalue weighted by Gasteiger charge is -2.42. The van der Waals surface area contributed by atoms with Crippen molar-refractivity contribution in [1.82, 2.24) is 9.80 Å². The molecule has 0 aromatic heterocycles. The summed E-state index contributed by atoms with van der Waals surface area (Å²) in [4.78, 5) is 43.6. The number of amides is 2. The fourth-order valence-corrected chi connectivity index (χ4v) is 7.56. The number of β-amino-alcohol motifs (C(OH)–C–C–N with tert-alkyl or cyclic N) is 1. The van der Waals surface area contributed by atoms with Crippen molar-refractivity contribution in [2.24, 2.45) is 11.8 Å². The van der Waals surface area contributed by atoms with Gasteiger partial charge < -0.3 is 19.6 Å². The minimum absolute atomic E-state index is 0.0285. The van der Waals surface area contributed by atoms with Gasteiger partial charge >= 0.3 is 5.97 Å². The molecule has 3 rings (SSSR count). The first-order valence-electron chi connectivity index (χ1n) is 10.9. The van der Waals surface area contributed by atoms with Gasteiger partial charge in [0, 0.05) is 23.9 Å². The number of carbonyl (C=O) groups is 3. The van der Waals surface area contributed by atoms with Crippen LogP contribution >= 0.6 is 11.8 Å². The van der Waals surface area contributed by atoms with Crippen molar-refractivity contribution in [3.8, 4) is 0 Å². The fourth-order valence-electron chi connectivity index (χ4n) is 5.36. The number of carbonyl (C=O) groups excluding carboxylic acids is 3. The maximum Gasteiger partial charge on any atom is 0.310 e. The van der Waals surface area contributed by atoms with Crippen LogP contribution in [-0.2, 0) is 19.1 Å². The second-order valence-electron chi connectivity index (χ2n) is 9.46. The number of hydrogen-bond acceptors (Lipinski definition) is 6. The topological polar surface area (TPSA) is 87.1 Å². The summed E-state index contributed by atoms with van der Waals surface area (Å²) >= 11 is 1.60. The Hall–Kier alpha value is -1.80. The van der Waals surface area contributed by atoms with Crippen LogP contribution in [0, 0.1) is 11.8 Å². The minimum Gasteiger partial charge on any atom is -0.465 e. The summed E-state index contributed by atoms with van der Waals surface area (Å²) in [6.07, 6.45) is 5.39. The zero-order valence-electron chi connectivity index (χ0n) is 18.7. The molecule has 3 fully saturated rings. The molecule has 0 aromatic carbocycles. The standard InChI is InChI=1S/C23H34N2O5S/c1-6-8-14-30-21(29)16-15-9-10-23(31-15)17(16)19(27)24(12-13-26)18(23)20(28)25(11-7-2)22(3,4)5/h6-7,15-18,26H,1-2,8-14H2,3-5H3/t15-,16+,17+,18?,23?/m1/s1. The Balaban J connectivity index is 1.98. The lowest BCUT2D eigenvalue weighted by Crippen LogP contribution is -2.59. The average Bonchev–Trinajstić information content (AvgIpc) is 3.33. The van der Waals surface area contributed by atoms with E-state index < -0.39 is 28.2 Å². The number of nitrogens with zero attached hydrogens (tertiary/aromatic N) is 2. The molecule has 3 aliphatic rings. The summed E-state index contributed by atoms with van der Waals surface area (Å²) in [6.45, 7) is 13.7. The third kappa shape index (κ3) is 3.93. The van der Waals surface area contributed by atoms with Gasteiger partial charge in [-0.25, -0.2) is 0 Å². The van der Waals surface area contributed by atoms with Crippen molar-refractivity contribution in [3.05, 3.63) is 25.3 Å². The molecular weight excluding hydrogens is 416 g/mol. The van der Waals surface area contributed by atoms with E-state index in [1.165, 1.54) is 4.90 Å². The SMILES string of the molecule is C=CCCOC(=O)[C@@H]1[C@H]2C(=O)N(CCO)C(C(=O)N(CC=C)C(C)(C)C)C23CC[C@H]1S3. The molecule has 1 spiro atoms. The van der Waals surface area contributed by atoms with E-state index in [4.69, 9.17) is 4.74 Å². The first kappa shape index (κ1) is 23.9. The van der Waals surface area contributed by atoms with E-state index >= 15 is 0 Å². The molecule has 0 saturated carbocycles. The van der Waals surface area contributed by atoms with Gasteiger partial charge in [-0.1, -0.05) is 12.2 Å². The monoisotopic (exact) mass is 450 g/mol. The summed E-state index contributed by atoms with van der Waals surface area (Å²) in [5.74, 6) is -1.89. The number of aliphatic hydroxyl groups excluding tert-OH is 1. The highest BCUT2D eigenvalue weighted by atomic mass is 32.2. The fraction of sp³-hybridized carbons (Fsp3) is 0.696. The van der Waals surface area contributed by atoms with Gasteiger partial charge in [0.2, 0.25) is 11.8 Å². The molecule has 2 bridgehead atoms. The summed E-state index contributed by atoms with van der Waals surface area (Å²) < 4.78 is 4.79. The Labute approximate surface area is 188 Å². The number of thioether (sulfide) groups is 1. The lowest BCUT2D eigenvalue weighted by molar-refractivity contribution is -0.154. The molecule has 2 unspecified atom stereocenters. The van der Waals surface area contributed by atoms with Crippen LogP contribution < -0.4 is 0 Å². The summed E-state index contributed by atoms with van der Waals surface area (Å²) in [5, 5.41) is 9.62. The average molecular weight is 451 g/mol. The number of fused-ring (bicyclic) bond motifs is 1. The summed E-state index contributed by atoms with van der Waals surface area (Å²) in [6, 6.07) is -0.711. The van der Waals surface area contributed by atoms with Gasteiger partial charge in [-0.15, -0.1) is 24.9 Å². The second-order valence-corrected chi connectivity index (χ2v) is 11.1. The van der Waals surface area contributed by atoms with Gasteiger partial charge in [0.05, 0.1) is 29.8 Å². The first-order chi connectivity index (χ1) is 14.6. The van der Waals surface area contributed by atoms with Crippen LogP contribution in [0.5, 0.6) is 0 Å². The minimum atomic E-state index is -0.711. The Bertz CT molecular complexity index is 764. The highest BCUT2D eigenvalue weighted by Crippen LogP contribution is 2.66. The number of likely N-dealkylation sites (tertiary alicyclic amines) is 1. The normalized spacial score (nSPS) is 31.5. The van der Waals surface area contributed by atoms with E-state index in [1.54, 1.807) is 28.8 Å². The number of ether oxygens (including phenoxy) is 1.